The van der Waals surface area contributed by atoms with Crippen molar-refractivity contribution in [3.63, 3.8) is 0 Å². The first-order valence-electron chi connectivity index (χ1n) is 6.01. The summed E-state index contributed by atoms with van der Waals surface area (Å²) >= 11 is 0. The molecule has 2 rings (SSSR count). The Bertz CT molecular complexity index is 522. The van der Waals surface area contributed by atoms with E-state index in [1.165, 1.54) is 11.8 Å². The van der Waals surface area contributed by atoms with Gasteiger partial charge in [-0.15, -0.1) is 0 Å². The molecule has 1 aromatic carbocycles. The van der Waals surface area contributed by atoms with E-state index in [1.807, 2.05) is 18.2 Å². The van der Waals surface area contributed by atoms with E-state index < -0.39 is 15.9 Å². The van der Waals surface area contributed by atoms with Crippen LogP contribution in [0.2, 0.25) is 0 Å². The minimum atomic E-state index is -2.94. The molecule has 0 amide bonds. The van der Waals surface area contributed by atoms with Crippen molar-refractivity contribution in [3.05, 3.63) is 34.9 Å². The van der Waals surface area contributed by atoms with Crippen LogP contribution in [0.3, 0.4) is 0 Å². The van der Waals surface area contributed by atoms with Crippen LogP contribution in [0.1, 0.15) is 35.6 Å². The molecule has 1 unspecified atom stereocenters. The number of sulfone groups is 1. The third kappa shape index (κ3) is 3.54. The van der Waals surface area contributed by atoms with Crippen LogP contribution in [0.25, 0.3) is 0 Å². The van der Waals surface area contributed by atoms with Crippen molar-refractivity contribution < 1.29 is 18.3 Å². The van der Waals surface area contributed by atoms with Gasteiger partial charge in [0.2, 0.25) is 0 Å². The van der Waals surface area contributed by atoms with Gasteiger partial charge in [-0.3, -0.25) is 0 Å². The van der Waals surface area contributed by atoms with Crippen molar-refractivity contribution in [1.82, 2.24) is 0 Å². The second-order valence-electron chi connectivity index (χ2n) is 4.81. The van der Waals surface area contributed by atoms with Gasteiger partial charge in [0, 0.05) is 12.0 Å². The first-order valence-corrected chi connectivity index (χ1v) is 8.07. The highest BCUT2D eigenvalue weighted by Crippen LogP contribution is 2.25. The monoisotopic (exact) mass is 270 g/mol. The summed E-state index contributed by atoms with van der Waals surface area (Å²) in [5.41, 5.74) is 3.13. The number of fused-ring (bicyclic) bond motifs is 1. The lowest BCUT2D eigenvalue weighted by Crippen LogP contribution is -2.06. The first kappa shape index (κ1) is 13.5. The number of ether oxygens (including phenoxy) is 1. The lowest BCUT2D eigenvalue weighted by Gasteiger charge is -2.11. The Kier molecular flexibility index (Phi) is 4.04. The van der Waals surface area contributed by atoms with E-state index in [-0.39, 0.29) is 5.75 Å². The van der Waals surface area contributed by atoms with E-state index >= 15 is 0 Å². The molecule has 1 aromatic rings. The van der Waals surface area contributed by atoms with Crippen LogP contribution in [0.4, 0.5) is 0 Å². The van der Waals surface area contributed by atoms with Crippen LogP contribution in [-0.4, -0.2) is 25.5 Å². The van der Waals surface area contributed by atoms with Crippen molar-refractivity contribution in [3.8, 4) is 0 Å². The third-order valence-electron chi connectivity index (χ3n) is 3.12. The van der Waals surface area contributed by atoms with Gasteiger partial charge in [-0.1, -0.05) is 18.2 Å². The predicted molar refractivity (Wildman–Crippen MR) is 68.8 cm³/mol. The Morgan fingerprint density at radius 2 is 2.06 bits per heavy atom. The maximum absolute atomic E-state index is 11.0. The molecule has 1 heterocycles. The minimum Gasteiger partial charge on any atom is -0.388 e. The number of rotatable bonds is 5. The molecule has 0 saturated heterocycles. The van der Waals surface area contributed by atoms with Gasteiger partial charge < -0.3 is 9.84 Å². The number of hydrogen-bond donors (Lipinski definition) is 1. The van der Waals surface area contributed by atoms with Crippen LogP contribution in [0, 0.1) is 0 Å². The van der Waals surface area contributed by atoms with E-state index in [2.05, 4.69) is 0 Å². The SMILES string of the molecule is CS(=O)(=O)CCCC(O)c1ccc2c(c1)COC2. The molecule has 1 aliphatic rings. The zero-order valence-corrected chi connectivity index (χ0v) is 11.2. The Morgan fingerprint density at radius 3 is 2.78 bits per heavy atom. The molecule has 0 aliphatic carbocycles. The largest absolute Gasteiger partial charge is 0.388 e. The van der Waals surface area contributed by atoms with Gasteiger partial charge in [0.25, 0.3) is 0 Å². The summed E-state index contributed by atoms with van der Waals surface area (Å²) in [5.74, 6) is 0.123. The molecule has 1 atom stereocenters. The maximum atomic E-state index is 11.0. The van der Waals surface area contributed by atoms with Crippen molar-refractivity contribution in [2.75, 3.05) is 12.0 Å². The maximum Gasteiger partial charge on any atom is 0.147 e. The molecule has 0 aromatic heterocycles. The highest BCUT2D eigenvalue weighted by Gasteiger charge is 2.15. The van der Waals surface area contributed by atoms with Crippen molar-refractivity contribution >= 4 is 9.84 Å². The van der Waals surface area contributed by atoms with Gasteiger partial charge in [-0.25, -0.2) is 8.42 Å². The van der Waals surface area contributed by atoms with Gasteiger partial charge in [0.1, 0.15) is 9.84 Å². The highest BCUT2D eigenvalue weighted by molar-refractivity contribution is 7.90. The molecule has 0 saturated carbocycles. The number of aliphatic hydroxyl groups is 1. The number of aliphatic hydroxyl groups excluding tert-OH is 1. The van der Waals surface area contributed by atoms with Gasteiger partial charge in [0.15, 0.2) is 0 Å². The second kappa shape index (κ2) is 5.38. The average molecular weight is 270 g/mol. The van der Waals surface area contributed by atoms with Crippen LogP contribution in [0.5, 0.6) is 0 Å². The average Bonchev–Trinajstić information content (AvgIpc) is 2.73. The zero-order chi connectivity index (χ0) is 13.2. The molecular formula is C13H18O4S. The van der Waals surface area contributed by atoms with Gasteiger partial charge in [0.05, 0.1) is 19.3 Å². The topological polar surface area (TPSA) is 63.6 Å². The second-order valence-corrected chi connectivity index (χ2v) is 7.07. The molecule has 18 heavy (non-hydrogen) atoms. The molecular weight excluding hydrogens is 252 g/mol. The Hall–Kier alpha value is -0.910. The van der Waals surface area contributed by atoms with E-state index in [1.54, 1.807) is 0 Å². The first-order chi connectivity index (χ1) is 8.46. The van der Waals surface area contributed by atoms with Gasteiger partial charge in [-0.05, 0) is 29.5 Å². The molecule has 0 radical (unpaired) electrons. The predicted octanol–water partition coefficient (Wildman–Crippen LogP) is 1.57. The lowest BCUT2D eigenvalue weighted by atomic mass is 10.0. The third-order valence-corrected chi connectivity index (χ3v) is 4.15. The summed E-state index contributed by atoms with van der Waals surface area (Å²) < 4.78 is 27.3. The summed E-state index contributed by atoms with van der Waals surface area (Å²) in [6.45, 7) is 1.24. The minimum absolute atomic E-state index is 0.123. The Labute approximate surface area is 108 Å². The van der Waals surface area contributed by atoms with Crippen molar-refractivity contribution in [2.24, 2.45) is 0 Å². The van der Waals surface area contributed by atoms with E-state index in [4.69, 9.17) is 4.74 Å². The number of hydrogen-bond acceptors (Lipinski definition) is 4. The summed E-state index contributed by atoms with van der Waals surface area (Å²) in [4.78, 5) is 0. The quantitative estimate of drug-likeness (QED) is 0.882. The summed E-state index contributed by atoms with van der Waals surface area (Å²) in [6.07, 6.45) is 1.56. The molecule has 1 N–H and O–H groups in total. The van der Waals surface area contributed by atoms with Gasteiger partial charge >= 0.3 is 0 Å². The molecule has 4 nitrogen and oxygen atoms in total. The number of benzene rings is 1. The van der Waals surface area contributed by atoms with Crippen LogP contribution in [0.15, 0.2) is 18.2 Å². The van der Waals surface area contributed by atoms with E-state index in [9.17, 15) is 13.5 Å². The lowest BCUT2D eigenvalue weighted by molar-refractivity contribution is 0.134. The zero-order valence-electron chi connectivity index (χ0n) is 10.4. The fraction of sp³-hybridized carbons (Fsp3) is 0.538. The molecule has 1 aliphatic heterocycles. The van der Waals surface area contributed by atoms with Crippen LogP contribution < -0.4 is 0 Å². The highest BCUT2D eigenvalue weighted by atomic mass is 32.2. The van der Waals surface area contributed by atoms with Crippen LogP contribution in [-0.2, 0) is 27.8 Å². The standard InChI is InChI=1S/C13H18O4S/c1-18(15,16)6-2-3-13(14)10-4-5-11-8-17-9-12(11)7-10/h4-5,7,13-14H,2-3,6,8-9H2,1H3. The van der Waals surface area contributed by atoms with Crippen molar-refractivity contribution in [2.45, 2.75) is 32.2 Å². The molecule has 0 spiro atoms. The van der Waals surface area contributed by atoms with Gasteiger partial charge in [-0.2, -0.15) is 0 Å². The van der Waals surface area contributed by atoms with E-state index in [0.717, 1.165) is 11.1 Å². The fourth-order valence-corrected chi connectivity index (χ4v) is 2.80. The molecule has 0 bridgehead atoms. The molecule has 5 heteroatoms. The van der Waals surface area contributed by atoms with E-state index in [0.29, 0.717) is 26.1 Å². The smallest absolute Gasteiger partial charge is 0.147 e. The Morgan fingerprint density at radius 1 is 1.33 bits per heavy atom. The molecule has 100 valence electrons. The summed E-state index contributed by atoms with van der Waals surface area (Å²) in [6, 6.07) is 5.81. The Balaban J connectivity index is 1.95. The van der Waals surface area contributed by atoms with Crippen LogP contribution >= 0.6 is 0 Å². The summed E-state index contributed by atoms with van der Waals surface area (Å²) in [5, 5.41) is 10.0. The summed E-state index contributed by atoms with van der Waals surface area (Å²) in [7, 11) is -2.94. The fourth-order valence-electron chi connectivity index (χ4n) is 2.10. The molecule has 0 fully saturated rings. The normalized spacial score (nSPS) is 16.6. The van der Waals surface area contributed by atoms with Crippen molar-refractivity contribution in [1.29, 1.82) is 0 Å².